The minimum absolute atomic E-state index is 0.619. The van der Waals surface area contributed by atoms with E-state index in [2.05, 4.69) is 28.5 Å². The van der Waals surface area contributed by atoms with Crippen LogP contribution in [0.1, 0.15) is 25.3 Å². The van der Waals surface area contributed by atoms with Crippen molar-refractivity contribution in [1.82, 2.24) is 15.1 Å². The van der Waals surface area contributed by atoms with Crippen LogP contribution in [0.15, 0.2) is 17.4 Å². The Morgan fingerprint density at radius 2 is 2.53 bits per heavy atom. The second-order valence-electron chi connectivity index (χ2n) is 4.35. The van der Waals surface area contributed by atoms with Crippen LogP contribution < -0.4 is 5.32 Å². The number of nitrogens with zero attached hydrogens (tertiary/aromatic N) is 3. The van der Waals surface area contributed by atoms with E-state index in [-0.39, 0.29) is 0 Å². The van der Waals surface area contributed by atoms with E-state index >= 15 is 0 Å². The van der Waals surface area contributed by atoms with Crippen LogP contribution in [0.25, 0.3) is 0 Å². The van der Waals surface area contributed by atoms with Gasteiger partial charge in [-0.3, -0.25) is 9.67 Å². The molecule has 0 aliphatic carbocycles. The van der Waals surface area contributed by atoms with E-state index in [4.69, 9.17) is 0 Å². The standard InChI is InChI=1S/C12H20N4S/c1-3-11-5-7-17-12(15-11)13-6-4-10-8-14-16(2)9-10/h8-9,11H,3-7H2,1-2H3,(H,13,15). The van der Waals surface area contributed by atoms with Crippen LogP contribution >= 0.6 is 11.8 Å². The van der Waals surface area contributed by atoms with Crippen LogP contribution in [0, 0.1) is 0 Å². The molecule has 5 heteroatoms. The molecule has 1 aliphatic heterocycles. The third-order valence-electron chi connectivity index (χ3n) is 2.94. The monoisotopic (exact) mass is 252 g/mol. The highest BCUT2D eigenvalue weighted by molar-refractivity contribution is 8.13. The largest absolute Gasteiger partial charge is 0.362 e. The lowest BCUT2D eigenvalue weighted by atomic mass is 10.2. The van der Waals surface area contributed by atoms with Crippen molar-refractivity contribution in [2.24, 2.45) is 12.0 Å². The zero-order valence-corrected chi connectivity index (χ0v) is 11.3. The summed E-state index contributed by atoms with van der Waals surface area (Å²) >= 11 is 1.84. The number of hydrogen-bond acceptors (Lipinski definition) is 3. The van der Waals surface area contributed by atoms with E-state index in [1.807, 2.05) is 29.7 Å². The van der Waals surface area contributed by atoms with Crippen LogP contribution in [0.4, 0.5) is 0 Å². The zero-order chi connectivity index (χ0) is 12.1. The number of nitrogens with one attached hydrogen (secondary N) is 1. The molecule has 2 rings (SSSR count). The van der Waals surface area contributed by atoms with E-state index < -0.39 is 0 Å². The van der Waals surface area contributed by atoms with Crippen LogP contribution in [0.3, 0.4) is 0 Å². The average Bonchev–Trinajstić information content (AvgIpc) is 2.75. The molecule has 94 valence electrons. The fourth-order valence-corrected chi connectivity index (χ4v) is 2.90. The summed E-state index contributed by atoms with van der Waals surface area (Å²) < 4.78 is 1.84. The first kappa shape index (κ1) is 12.5. The molecular weight excluding hydrogens is 232 g/mol. The molecule has 1 saturated heterocycles. The third-order valence-corrected chi connectivity index (χ3v) is 3.90. The predicted octanol–water partition coefficient (Wildman–Crippen LogP) is 1.82. The van der Waals surface area contributed by atoms with E-state index in [1.54, 1.807) is 0 Å². The van der Waals surface area contributed by atoms with Gasteiger partial charge in [0.15, 0.2) is 5.17 Å². The lowest BCUT2D eigenvalue weighted by Gasteiger charge is -2.24. The molecule has 1 aromatic heterocycles. The Hall–Kier alpha value is -0.970. The summed E-state index contributed by atoms with van der Waals surface area (Å²) in [5.74, 6) is 1.19. The molecule has 1 atom stereocenters. The summed E-state index contributed by atoms with van der Waals surface area (Å²) in [5.41, 5.74) is 1.25. The maximum atomic E-state index is 4.62. The van der Waals surface area contributed by atoms with E-state index in [0.29, 0.717) is 6.04 Å². The van der Waals surface area contributed by atoms with Crippen molar-refractivity contribution in [3.05, 3.63) is 18.0 Å². The Balaban J connectivity index is 1.80. The van der Waals surface area contributed by atoms with Crippen molar-refractivity contribution >= 4 is 16.9 Å². The van der Waals surface area contributed by atoms with Gasteiger partial charge in [0, 0.05) is 31.6 Å². The molecule has 0 bridgehead atoms. The Labute approximate surface area is 107 Å². The predicted molar refractivity (Wildman–Crippen MR) is 73.5 cm³/mol. The number of rotatable bonds is 4. The second kappa shape index (κ2) is 6.10. The second-order valence-corrected chi connectivity index (χ2v) is 5.43. The molecule has 17 heavy (non-hydrogen) atoms. The van der Waals surface area contributed by atoms with Crippen LogP contribution in [-0.4, -0.2) is 33.3 Å². The van der Waals surface area contributed by atoms with Gasteiger partial charge < -0.3 is 5.32 Å². The minimum Gasteiger partial charge on any atom is -0.362 e. The summed E-state index contributed by atoms with van der Waals surface area (Å²) in [4.78, 5) is 4.62. The smallest absolute Gasteiger partial charge is 0.156 e. The van der Waals surface area contributed by atoms with E-state index in [1.165, 1.54) is 24.2 Å². The minimum atomic E-state index is 0.619. The topological polar surface area (TPSA) is 42.2 Å². The number of amidine groups is 1. The summed E-state index contributed by atoms with van der Waals surface area (Å²) in [6, 6.07) is 0.619. The quantitative estimate of drug-likeness (QED) is 0.889. The molecule has 1 fully saturated rings. The lowest BCUT2D eigenvalue weighted by Crippen LogP contribution is -2.37. The van der Waals surface area contributed by atoms with Crippen LogP contribution in [-0.2, 0) is 13.5 Å². The van der Waals surface area contributed by atoms with Gasteiger partial charge in [0.25, 0.3) is 0 Å². The number of aryl methyl sites for hydroxylation is 1. The zero-order valence-electron chi connectivity index (χ0n) is 10.5. The third kappa shape index (κ3) is 3.77. The summed E-state index contributed by atoms with van der Waals surface area (Å²) in [6.45, 7) is 3.07. The molecule has 0 aromatic carbocycles. The molecule has 1 unspecified atom stereocenters. The van der Waals surface area contributed by atoms with E-state index in [0.717, 1.165) is 18.1 Å². The van der Waals surface area contributed by atoms with Gasteiger partial charge in [-0.25, -0.2) is 0 Å². The van der Waals surface area contributed by atoms with Crippen LogP contribution in [0.5, 0.6) is 0 Å². The highest BCUT2D eigenvalue weighted by Crippen LogP contribution is 2.15. The van der Waals surface area contributed by atoms with Crippen molar-refractivity contribution in [2.45, 2.75) is 32.2 Å². The molecule has 2 heterocycles. The van der Waals surface area contributed by atoms with E-state index in [9.17, 15) is 0 Å². The molecule has 0 spiro atoms. The SMILES string of the molecule is CCC1CCSC(=NCCc2cnn(C)c2)N1. The molecule has 0 saturated carbocycles. The fourth-order valence-electron chi connectivity index (χ4n) is 1.87. The first-order valence-corrected chi connectivity index (χ1v) is 7.18. The van der Waals surface area contributed by atoms with Gasteiger partial charge in [0.2, 0.25) is 0 Å². The van der Waals surface area contributed by atoms with Gasteiger partial charge in [-0.1, -0.05) is 18.7 Å². The molecular formula is C12H20N4S. The number of thioether (sulfide) groups is 1. The maximum absolute atomic E-state index is 4.62. The first-order valence-electron chi connectivity index (χ1n) is 6.19. The average molecular weight is 252 g/mol. The molecule has 1 aliphatic rings. The highest BCUT2D eigenvalue weighted by Gasteiger charge is 2.14. The van der Waals surface area contributed by atoms with Crippen LogP contribution in [0.2, 0.25) is 0 Å². The summed E-state index contributed by atoms with van der Waals surface area (Å²) in [5, 5.41) is 8.76. The summed E-state index contributed by atoms with van der Waals surface area (Å²) in [6.07, 6.45) is 7.37. The molecule has 0 amide bonds. The first-order chi connectivity index (χ1) is 8.28. The van der Waals surface area contributed by atoms with Gasteiger partial charge in [0.05, 0.1) is 6.20 Å². The van der Waals surface area contributed by atoms with Gasteiger partial charge in [0.1, 0.15) is 0 Å². The summed E-state index contributed by atoms with van der Waals surface area (Å²) in [7, 11) is 1.94. The van der Waals surface area contributed by atoms with Crippen molar-refractivity contribution in [1.29, 1.82) is 0 Å². The Kier molecular flexibility index (Phi) is 4.48. The highest BCUT2D eigenvalue weighted by atomic mass is 32.2. The Morgan fingerprint density at radius 1 is 1.65 bits per heavy atom. The lowest BCUT2D eigenvalue weighted by molar-refractivity contribution is 0.570. The number of hydrogen-bond donors (Lipinski definition) is 1. The van der Waals surface area contributed by atoms with Crippen molar-refractivity contribution in [2.75, 3.05) is 12.3 Å². The van der Waals surface area contributed by atoms with Gasteiger partial charge in [-0.05, 0) is 24.8 Å². The van der Waals surface area contributed by atoms with Crippen molar-refractivity contribution in [3.8, 4) is 0 Å². The normalized spacial score (nSPS) is 22.7. The number of aliphatic imine (C=N–C) groups is 1. The Morgan fingerprint density at radius 3 is 3.24 bits per heavy atom. The van der Waals surface area contributed by atoms with Crippen molar-refractivity contribution < 1.29 is 0 Å². The molecule has 1 N–H and O–H groups in total. The molecule has 1 aromatic rings. The fraction of sp³-hybridized carbons (Fsp3) is 0.667. The molecule has 0 radical (unpaired) electrons. The van der Waals surface area contributed by atoms with Gasteiger partial charge in [-0.2, -0.15) is 5.10 Å². The maximum Gasteiger partial charge on any atom is 0.156 e. The molecule has 4 nitrogen and oxygen atoms in total. The van der Waals surface area contributed by atoms with Gasteiger partial charge in [-0.15, -0.1) is 0 Å². The van der Waals surface area contributed by atoms with Crippen molar-refractivity contribution in [3.63, 3.8) is 0 Å². The van der Waals surface area contributed by atoms with Gasteiger partial charge >= 0.3 is 0 Å². The Bertz CT molecular complexity index is 386. The number of aromatic nitrogens is 2.